The summed E-state index contributed by atoms with van der Waals surface area (Å²) in [6, 6.07) is 16.5. The van der Waals surface area contributed by atoms with Crippen LogP contribution in [0.15, 0.2) is 65.6 Å². The molecule has 7 nitrogen and oxygen atoms in total. The fourth-order valence-corrected chi connectivity index (χ4v) is 4.77. The molecule has 3 rings (SSSR count). The monoisotopic (exact) mass is 469 g/mol. The van der Waals surface area contributed by atoms with Gasteiger partial charge in [-0.25, -0.2) is 13.1 Å². The lowest BCUT2D eigenvalue weighted by atomic mass is 10.1. The summed E-state index contributed by atoms with van der Waals surface area (Å²) in [5.41, 5.74) is 1.98. The van der Waals surface area contributed by atoms with E-state index >= 15 is 0 Å². The largest absolute Gasteiger partial charge is 0.339 e. The minimum atomic E-state index is -3.49. The smallest absolute Gasteiger partial charge is 0.246 e. The second kappa shape index (κ2) is 11.8. The maximum Gasteiger partial charge on any atom is 0.246 e. The normalized spacial score (nSPS) is 14.6. The van der Waals surface area contributed by atoms with Crippen molar-refractivity contribution in [3.05, 3.63) is 71.8 Å². The van der Waals surface area contributed by atoms with Crippen LogP contribution < -0.4 is 4.72 Å². The first-order valence-electron chi connectivity index (χ1n) is 11.3. The number of nitrogens with one attached hydrogen (secondary N) is 1. The molecule has 2 amide bonds. The molecule has 1 heterocycles. The number of carbonyl (C=O) groups excluding carboxylic acids is 2. The van der Waals surface area contributed by atoms with Gasteiger partial charge in [0, 0.05) is 45.2 Å². The van der Waals surface area contributed by atoms with Gasteiger partial charge >= 0.3 is 0 Å². The van der Waals surface area contributed by atoms with E-state index in [0.717, 1.165) is 18.4 Å². The lowest BCUT2D eigenvalue weighted by Crippen LogP contribution is -2.50. The molecule has 0 bridgehead atoms. The highest BCUT2D eigenvalue weighted by Crippen LogP contribution is 2.13. The summed E-state index contributed by atoms with van der Waals surface area (Å²) in [6.07, 6.45) is 5.39. The van der Waals surface area contributed by atoms with E-state index < -0.39 is 10.0 Å². The molecular formula is C25H31N3O4S. The first-order valence-corrected chi connectivity index (χ1v) is 12.8. The zero-order chi connectivity index (χ0) is 23.7. The zero-order valence-electron chi connectivity index (χ0n) is 18.9. The van der Waals surface area contributed by atoms with Crippen LogP contribution in [0.4, 0.5) is 0 Å². The summed E-state index contributed by atoms with van der Waals surface area (Å²) in [7, 11) is -3.49. The van der Waals surface area contributed by atoms with Gasteiger partial charge in [0.2, 0.25) is 21.8 Å². The van der Waals surface area contributed by atoms with E-state index in [1.165, 1.54) is 23.8 Å². The van der Waals surface area contributed by atoms with Gasteiger partial charge in [0.25, 0.3) is 0 Å². The summed E-state index contributed by atoms with van der Waals surface area (Å²) in [4.78, 5) is 28.8. The number of nitrogens with zero attached hydrogens (tertiary/aromatic N) is 2. The second-order valence-corrected chi connectivity index (χ2v) is 9.72. The number of benzene rings is 2. The van der Waals surface area contributed by atoms with E-state index in [4.69, 9.17) is 0 Å². The number of amides is 2. The predicted octanol–water partition coefficient (Wildman–Crippen LogP) is 2.69. The highest BCUT2D eigenvalue weighted by molar-refractivity contribution is 7.89. The molecule has 33 heavy (non-hydrogen) atoms. The Morgan fingerprint density at radius 2 is 1.58 bits per heavy atom. The van der Waals surface area contributed by atoms with Gasteiger partial charge in [0.05, 0.1) is 4.90 Å². The highest BCUT2D eigenvalue weighted by Gasteiger charge is 2.22. The van der Waals surface area contributed by atoms with Crippen LogP contribution in [-0.4, -0.2) is 62.8 Å². The Balaban J connectivity index is 1.43. The van der Waals surface area contributed by atoms with E-state index in [9.17, 15) is 18.0 Å². The summed E-state index contributed by atoms with van der Waals surface area (Å²) < 4.78 is 26.4. The number of carbonyl (C=O) groups is 2. The van der Waals surface area contributed by atoms with Crippen LogP contribution in [0.2, 0.25) is 0 Å². The summed E-state index contributed by atoms with van der Waals surface area (Å²) in [6.45, 7) is 4.15. The molecule has 8 heteroatoms. The molecule has 1 N–H and O–H groups in total. The first kappa shape index (κ1) is 24.7. The molecule has 0 aliphatic carbocycles. The van der Waals surface area contributed by atoms with Crippen LogP contribution in [0.5, 0.6) is 0 Å². The van der Waals surface area contributed by atoms with Crippen molar-refractivity contribution in [3.63, 3.8) is 0 Å². The Bertz CT molecular complexity index is 1060. The Morgan fingerprint density at radius 3 is 2.21 bits per heavy atom. The Hall–Kier alpha value is -2.97. The second-order valence-electron chi connectivity index (χ2n) is 7.95. The van der Waals surface area contributed by atoms with Crippen LogP contribution in [-0.2, 0) is 26.0 Å². The number of aryl methyl sites for hydroxylation is 1. The van der Waals surface area contributed by atoms with Crippen molar-refractivity contribution >= 4 is 27.9 Å². The third kappa shape index (κ3) is 7.27. The average Bonchev–Trinajstić information content (AvgIpc) is 2.83. The molecule has 1 aliphatic rings. The van der Waals surface area contributed by atoms with Crippen molar-refractivity contribution in [1.82, 2.24) is 14.5 Å². The van der Waals surface area contributed by atoms with E-state index in [0.29, 0.717) is 39.1 Å². The van der Waals surface area contributed by atoms with Crippen molar-refractivity contribution < 1.29 is 18.0 Å². The number of piperazine rings is 1. The lowest BCUT2D eigenvalue weighted by molar-refractivity contribution is -0.137. The highest BCUT2D eigenvalue weighted by atomic mass is 32.2. The number of rotatable bonds is 9. The van der Waals surface area contributed by atoms with E-state index in [1.54, 1.807) is 30.0 Å². The molecule has 0 radical (unpaired) electrons. The summed E-state index contributed by atoms with van der Waals surface area (Å²) in [5.74, 6) is 0.0247. The van der Waals surface area contributed by atoms with Gasteiger partial charge in [0.15, 0.2) is 0 Å². The molecule has 0 atom stereocenters. The quantitative estimate of drug-likeness (QED) is 0.572. The minimum absolute atomic E-state index is 0.115. The molecule has 1 saturated heterocycles. The van der Waals surface area contributed by atoms with Crippen molar-refractivity contribution in [2.75, 3.05) is 32.7 Å². The van der Waals surface area contributed by atoms with E-state index in [1.807, 2.05) is 23.1 Å². The Kier molecular flexibility index (Phi) is 8.79. The lowest BCUT2D eigenvalue weighted by Gasteiger charge is -2.34. The van der Waals surface area contributed by atoms with Gasteiger partial charge < -0.3 is 9.80 Å². The zero-order valence-corrected chi connectivity index (χ0v) is 19.8. The van der Waals surface area contributed by atoms with Gasteiger partial charge in [-0.1, -0.05) is 49.4 Å². The van der Waals surface area contributed by atoms with E-state index in [-0.39, 0.29) is 16.7 Å². The Labute approximate surface area is 196 Å². The molecule has 1 fully saturated rings. The Morgan fingerprint density at radius 1 is 0.939 bits per heavy atom. The third-order valence-electron chi connectivity index (χ3n) is 5.59. The van der Waals surface area contributed by atoms with Crippen molar-refractivity contribution in [3.8, 4) is 0 Å². The van der Waals surface area contributed by atoms with Crippen molar-refractivity contribution in [2.45, 2.75) is 31.1 Å². The summed E-state index contributed by atoms with van der Waals surface area (Å²) in [5, 5.41) is 0. The van der Waals surface area contributed by atoms with Gasteiger partial charge in [-0.05, 0) is 42.2 Å². The van der Waals surface area contributed by atoms with Crippen LogP contribution in [0.3, 0.4) is 0 Å². The minimum Gasteiger partial charge on any atom is -0.339 e. The predicted molar refractivity (Wildman–Crippen MR) is 129 cm³/mol. The van der Waals surface area contributed by atoms with Crippen molar-refractivity contribution in [2.24, 2.45) is 0 Å². The fraction of sp³-hybridized carbons (Fsp3) is 0.360. The number of hydrogen-bond donors (Lipinski definition) is 1. The molecule has 176 valence electrons. The van der Waals surface area contributed by atoms with Gasteiger partial charge in [0.1, 0.15) is 0 Å². The van der Waals surface area contributed by atoms with Gasteiger partial charge in [-0.3, -0.25) is 9.59 Å². The van der Waals surface area contributed by atoms with Crippen LogP contribution >= 0.6 is 0 Å². The van der Waals surface area contributed by atoms with Gasteiger partial charge in [-0.2, -0.15) is 0 Å². The molecular weight excluding hydrogens is 438 g/mol. The number of hydrogen-bond acceptors (Lipinski definition) is 4. The maximum atomic E-state index is 12.5. The molecule has 2 aromatic carbocycles. The number of sulfonamides is 1. The van der Waals surface area contributed by atoms with E-state index in [2.05, 4.69) is 16.9 Å². The van der Waals surface area contributed by atoms with Gasteiger partial charge in [-0.15, -0.1) is 0 Å². The average molecular weight is 470 g/mol. The first-order chi connectivity index (χ1) is 15.9. The maximum absolute atomic E-state index is 12.5. The summed E-state index contributed by atoms with van der Waals surface area (Å²) >= 11 is 0. The van der Waals surface area contributed by atoms with Crippen molar-refractivity contribution in [1.29, 1.82) is 0 Å². The van der Waals surface area contributed by atoms with Crippen LogP contribution in [0.25, 0.3) is 6.08 Å². The molecule has 2 aromatic rings. The third-order valence-corrected chi connectivity index (χ3v) is 7.15. The van der Waals surface area contributed by atoms with Crippen LogP contribution in [0.1, 0.15) is 30.9 Å². The molecule has 0 aromatic heterocycles. The molecule has 0 saturated carbocycles. The standard InChI is InChI=1S/C25H31N3O4S/c1-2-26-33(31,32)23-14-11-22(12-15-23)13-16-25(30)28-19-17-27(18-20-28)24(29)10-6-9-21-7-4-3-5-8-21/h3-5,7-8,11-16,26H,2,6,9-10,17-20H2,1H3/b16-13+. The fourth-order valence-electron chi connectivity index (χ4n) is 3.73. The van der Waals surface area contributed by atoms with Crippen LogP contribution in [0, 0.1) is 0 Å². The molecule has 0 spiro atoms. The molecule has 1 aliphatic heterocycles. The topological polar surface area (TPSA) is 86.8 Å². The molecule has 0 unspecified atom stereocenters. The SMILES string of the molecule is CCNS(=O)(=O)c1ccc(/C=C/C(=O)N2CCN(C(=O)CCCc3ccccc3)CC2)cc1.